The third-order valence-electron chi connectivity index (χ3n) is 19.2. The Kier molecular flexibility index (Phi) is 10.6. The van der Waals surface area contributed by atoms with Gasteiger partial charge in [-0.1, -0.05) is 267 Å². The normalized spacial score (nSPS) is 12.3. The number of aromatic nitrogens is 3. The quantitative estimate of drug-likeness (QED) is 0.156. The smallest absolute Gasteiger partial charge is 0.252 e. The van der Waals surface area contributed by atoms with Gasteiger partial charge in [0.05, 0.1) is 27.8 Å². The first-order valence-electron chi connectivity index (χ1n) is 30.6. The molecule has 88 heavy (non-hydrogen) atoms. The average Bonchev–Trinajstić information content (AvgIpc) is 1.11. The lowest BCUT2D eigenvalue weighted by molar-refractivity contribution is 1.10. The van der Waals surface area contributed by atoms with E-state index in [0.29, 0.717) is 0 Å². The molecular formula is C84H52BN3. The highest BCUT2D eigenvalue weighted by Gasteiger charge is 2.41. The van der Waals surface area contributed by atoms with E-state index in [-0.39, 0.29) is 6.71 Å². The molecule has 14 aromatic carbocycles. The minimum Gasteiger partial charge on any atom is -0.310 e. The molecule has 0 aliphatic carbocycles. The number of nitrogens with zero attached hydrogens (tertiary/aromatic N) is 3. The Morgan fingerprint density at radius 1 is 0.216 bits per heavy atom. The van der Waals surface area contributed by atoms with Gasteiger partial charge in [0, 0.05) is 54.7 Å². The van der Waals surface area contributed by atoms with Crippen LogP contribution in [0.3, 0.4) is 0 Å². The van der Waals surface area contributed by atoms with Gasteiger partial charge in [0.25, 0.3) is 6.71 Å². The summed E-state index contributed by atoms with van der Waals surface area (Å²) in [6.45, 7) is -0.260. The molecule has 406 valence electrons. The number of para-hydroxylation sites is 4. The molecule has 0 amide bonds. The van der Waals surface area contributed by atoms with Crippen molar-refractivity contribution in [2.45, 2.75) is 0 Å². The van der Waals surface area contributed by atoms with Crippen LogP contribution in [0.25, 0.3) is 159 Å². The van der Waals surface area contributed by atoms with Crippen molar-refractivity contribution in [3.63, 3.8) is 0 Å². The van der Waals surface area contributed by atoms with Gasteiger partial charge in [-0.05, 0) is 141 Å². The van der Waals surface area contributed by atoms with E-state index in [9.17, 15) is 0 Å². The summed E-state index contributed by atoms with van der Waals surface area (Å²) in [4.78, 5) is 0. The zero-order chi connectivity index (χ0) is 57.6. The van der Waals surface area contributed by atoms with Crippen molar-refractivity contribution in [1.29, 1.82) is 0 Å². The fraction of sp³-hybridized carbons (Fsp3) is 0. The first-order chi connectivity index (χ1) is 43.7. The summed E-state index contributed by atoms with van der Waals surface area (Å²) in [5.41, 5.74) is 21.2. The van der Waals surface area contributed by atoms with Gasteiger partial charge < -0.3 is 13.7 Å². The Morgan fingerprint density at radius 2 is 0.534 bits per heavy atom. The maximum atomic E-state index is 2.70. The van der Waals surface area contributed by atoms with Crippen molar-refractivity contribution in [1.82, 2.24) is 13.7 Å². The Labute approximate surface area is 508 Å². The summed E-state index contributed by atoms with van der Waals surface area (Å²) in [6, 6.07) is 119. The van der Waals surface area contributed by atoms with Gasteiger partial charge >= 0.3 is 0 Å². The fourth-order valence-electron chi connectivity index (χ4n) is 15.6. The van der Waals surface area contributed by atoms with Gasteiger partial charge in [-0.3, -0.25) is 0 Å². The maximum absolute atomic E-state index is 2.70. The number of hydrogen-bond donors (Lipinski definition) is 0. The highest BCUT2D eigenvalue weighted by Crippen LogP contribution is 2.45. The maximum Gasteiger partial charge on any atom is 0.252 e. The fourth-order valence-corrected chi connectivity index (χ4v) is 15.6. The Morgan fingerprint density at radius 3 is 1.00 bits per heavy atom. The van der Waals surface area contributed by atoms with E-state index >= 15 is 0 Å². The molecule has 3 aromatic heterocycles. The molecule has 0 saturated carbocycles. The predicted octanol–water partition coefficient (Wildman–Crippen LogP) is 20.0. The molecule has 0 radical (unpaired) electrons. The molecule has 5 heterocycles. The molecule has 17 aromatic rings. The SMILES string of the molecule is c1ccc(-c2cc3c4c(c2)c2ccccc2c2ccccc2c2ccccc2n4-c2cc(-n4c5ccccc5c5ccccc54)cc4c2B3c2cc(-c3ccccc3)cc3c5ccccc5c5c(-c6ccccc6)cccc5c5ccccc5n-4c23)cc1. The summed E-state index contributed by atoms with van der Waals surface area (Å²) in [5.74, 6) is 0. The first-order valence-corrected chi connectivity index (χ1v) is 30.6. The minimum absolute atomic E-state index is 0.260. The van der Waals surface area contributed by atoms with Crippen LogP contribution in [0.5, 0.6) is 0 Å². The predicted molar refractivity (Wildman–Crippen MR) is 376 cm³/mol. The lowest BCUT2D eigenvalue weighted by Gasteiger charge is -2.37. The third-order valence-corrected chi connectivity index (χ3v) is 19.2. The van der Waals surface area contributed by atoms with Crippen LogP contribution < -0.4 is 16.4 Å². The van der Waals surface area contributed by atoms with E-state index in [1.54, 1.807) is 0 Å². The zero-order valence-electron chi connectivity index (χ0n) is 47.9. The summed E-state index contributed by atoms with van der Waals surface area (Å²) in [7, 11) is 0. The summed E-state index contributed by atoms with van der Waals surface area (Å²) in [6.07, 6.45) is 0. The van der Waals surface area contributed by atoms with Crippen molar-refractivity contribution in [3.05, 3.63) is 315 Å². The number of benzene rings is 14. The molecule has 19 rings (SSSR count). The second-order valence-electron chi connectivity index (χ2n) is 23.8. The molecule has 0 fully saturated rings. The van der Waals surface area contributed by atoms with Crippen LogP contribution >= 0.6 is 0 Å². The van der Waals surface area contributed by atoms with Gasteiger partial charge in [-0.25, -0.2) is 0 Å². The van der Waals surface area contributed by atoms with Crippen LogP contribution in [-0.4, -0.2) is 20.4 Å². The van der Waals surface area contributed by atoms with Crippen molar-refractivity contribution in [2.24, 2.45) is 0 Å². The molecule has 0 N–H and O–H groups in total. The van der Waals surface area contributed by atoms with Crippen LogP contribution in [0.1, 0.15) is 0 Å². The lowest BCUT2D eigenvalue weighted by Crippen LogP contribution is -2.60. The second-order valence-corrected chi connectivity index (χ2v) is 23.8. The number of hydrogen-bond acceptors (Lipinski definition) is 0. The molecule has 2 aliphatic heterocycles. The molecule has 4 heteroatoms. The molecule has 0 spiro atoms. The van der Waals surface area contributed by atoms with E-state index in [1.807, 2.05) is 0 Å². The van der Waals surface area contributed by atoms with Crippen LogP contribution in [0.4, 0.5) is 0 Å². The summed E-state index contributed by atoms with van der Waals surface area (Å²) < 4.78 is 7.92. The second kappa shape index (κ2) is 19.0. The van der Waals surface area contributed by atoms with Gasteiger partial charge in [0.15, 0.2) is 0 Å². The third kappa shape index (κ3) is 7.03. The zero-order valence-corrected chi connectivity index (χ0v) is 47.9. The van der Waals surface area contributed by atoms with E-state index in [2.05, 4.69) is 329 Å². The van der Waals surface area contributed by atoms with Crippen molar-refractivity contribution >= 4 is 132 Å². The molecule has 0 atom stereocenters. The van der Waals surface area contributed by atoms with Crippen LogP contribution in [-0.2, 0) is 0 Å². The van der Waals surface area contributed by atoms with E-state index in [0.717, 1.165) is 44.5 Å². The van der Waals surface area contributed by atoms with E-state index in [4.69, 9.17) is 0 Å². The number of rotatable bonds is 4. The van der Waals surface area contributed by atoms with Gasteiger partial charge in [0.2, 0.25) is 0 Å². The Hall–Kier alpha value is -11.5. The Balaban J connectivity index is 1.14. The molecular weight excluding hydrogens is 1060 g/mol. The van der Waals surface area contributed by atoms with Gasteiger partial charge in [-0.2, -0.15) is 0 Å². The van der Waals surface area contributed by atoms with Crippen molar-refractivity contribution in [2.75, 3.05) is 0 Å². The molecule has 0 bridgehead atoms. The van der Waals surface area contributed by atoms with Crippen LogP contribution in [0.15, 0.2) is 315 Å². The summed E-state index contributed by atoms with van der Waals surface area (Å²) in [5, 5.41) is 16.7. The van der Waals surface area contributed by atoms with E-state index in [1.165, 1.54) is 131 Å². The van der Waals surface area contributed by atoms with Gasteiger partial charge in [-0.15, -0.1) is 0 Å². The standard InChI is InChI=1S/C84H52BN3/c1-4-25-53(26-5-1)56-47-71-63-34-13-11-32-61(63)60-31-10-12-33-62(60)65-36-16-22-45-77(65)87-79-51-58(86-75-43-20-17-37-66(75)67-38-18-21-44-76(67)86)52-80-82(79)85(73(49-56)83(71)87)74-50-57(54-27-6-2-7-28-54)48-72-64-35-14-15-40-69(64)81-59(55-29-8-3-9-30-55)41-24-42-70(81)68-39-19-23-46-78(68)88(80)84(72)74/h1-52H. The Bertz CT molecular complexity index is 5940. The summed E-state index contributed by atoms with van der Waals surface area (Å²) >= 11 is 0. The number of fused-ring (bicyclic) bond motifs is 21. The highest BCUT2D eigenvalue weighted by atomic mass is 15.1. The van der Waals surface area contributed by atoms with Crippen LogP contribution in [0, 0.1) is 0 Å². The van der Waals surface area contributed by atoms with Crippen molar-refractivity contribution < 1.29 is 0 Å². The molecule has 0 saturated heterocycles. The lowest BCUT2D eigenvalue weighted by atomic mass is 9.34. The largest absolute Gasteiger partial charge is 0.310 e. The molecule has 0 unspecified atom stereocenters. The first kappa shape index (κ1) is 48.9. The van der Waals surface area contributed by atoms with Crippen molar-refractivity contribution in [3.8, 4) is 50.4 Å². The monoisotopic (exact) mass is 1110 g/mol. The topological polar surface area (TPSA) is 14.8 Å². The van der Waals surface area contributed by atoms with E-state index < -0.39 is 0 Å². The average molecular weight is 1110 g/mol. The highest BCUT2D eigenvalue weighted by molar-refractivity contribution is 7.00. The van der Waals surface area contributed by atoms with Gasteiger partial charge in [0.1, 0.15) is 0 Å². The molecule has 3 nitrogen and oxygen atoms in total. The van der Waals surface area contributed by atoms with Crippen LogP contribution in [0.2, 0.25) is 0 Å². The molecule has 2 aliphatic rings. The minimum atomic E-state index is -0.260.